The number of aromatic nitrogens is 1. The standard InChI is InChI=1S/C12H15NO3S/c1-3-13-7-9(8-17(2,15)16)11-6-10(14)4-5-12(11)13/h4-7,14H,3,8H2,1-2H3. The Hall–Kier alpha value is -1.49. The van der Waals surface area contributed by atoms with Gasteiger partial charge < -0.3 is 9.67 Å². The molecule has 0 aliphatic carbocycles. The van der Waals surface area contributed by atoms with Gasteiger partial charge in [-0.1, -0.05) is 0 Å². The number of rotatable bonds is 3. The number of fused-ring (bicyclic) bond motifs is 1. The molecule has 2 aromatic rings. The number of phenols is 1. The van der Waals surface area contributed by atoms with Crippen LogP contribution in [0.25, 0.3) is 10.9 Å². The molecule has 0 bridgehead atoms. The summed E-state index contributed by atoms with van der Waals surface area (Å²) >= 11 is 0. The minimum absolute atomic E-state index is 0.0000463. The zero-order valence-corrected chi connectivity index (χ0v) is 10.7. The van der Waals surface area contributed by atoms with E-state index in [0.29, 0.717) is 0 Å². The van der Waals surface area contributed by atoms with Gasteiger partial charge >= 0.3 is 0 Å². The Morgan fingerprint density at radius 2 is 2.06 bits per heavy atom. The van der Waals surface area contributed by atoms with Gasteiger partial charge in [-0.3, -0.25) is 0 Å². The monoisotopic (exact) mass is 253 g/mol. The van der Waals surface area contributed by atoms with Gasteiger partial charge in [0.05, 0.1) is 5.75 Å². The molecular formula is C12H15NO3S. The minimum Gasteiger partial charge on any atom is -0.508 e. The molecule has 2 rings (SSSR count). The number of hydrogen-bond donors (Lipinski definition) is 1. The summed E-state index contributed by atoms with van der Waals surface area (Å²) in [5, 5.41) is 10.3. The molecule has 0 radical (unpaired) electrons. The highest BCUT2D eigenvalue weighted by Crippen LogP contribution is 2.26. The molecule has 1 heterocycles. The largest absolute Gasteiger partial charge is 0.508 e. The second-order valence-electron chi connectivity index (χ2n) is 4.21. The van der Waals surface area contributed by atoms with Crippen LogP contribution >= 0.6 is 0 Å². The number of aromatic hydroxyl groups is 1. The molecule has 1 aromatic heterocycles. The van der Waals surface area contributed by atoms with E-state index in [4.69, 9.17) is 0 Å². The highest BCUT2D eigenvalue weighted by atomic mass is 32.2. The van der Waals surface area contributed by atoms with Crippen molar-refractivity contribution in [3.05, 3.63) is 30.0 Å². The van der Waals surface area contributed by atoms with Crippen molar-refractivity contribution in [1.82, 2.24) is 4.57 Å². The zero-order valence-electron chi connectivity index (χ0n) is 9.84. The van der Waals surface area contributed by atoms with Gasteiger partial charge in [0.2, 0.25) is 0 Å². The first-order valence-electron chi connectivity index (χ1n) is 5.39. The van der Waals surface area contributed by atoms with E-state index < -0.39 is 9.84 Å². The fraction of sp³-hybridized carbons (Fsp3) is 0.333. The van der Waals surface area contributed by atoms with E-state index >= 15 is 0 Å². The number of phenolic OH excluding ortho intramolecular Hbond substituents is 1. The molecule has 0 atom stereocenters. The van der Waals surface area contributed by atoms with Crippen molar-refractivity contribution in [2.24, 2.45) is 0 Å². The normalized spacial score (nSPS) is 12.1. The van der Waals surface area contributed by atoms with Crippen molar-refractivity contribution in [2.75, 3.05) is 6.26 Å². The Morgan fingerprint density at radius 3 is 2.65 bits per heavy atom. The van der Waals surface area contributed by atoms with E-state index in [1.165, 1.54) is 6.26 Å². The van der Waals surface area contributed by atoms with Crippen LogP contribution in [0.4, 0.5) is 0 Å². The molecule has 92 valence electrons. The summed E-state index contributed by atoms with van der Waals surface area (Å²) in [5.41, 5.74) is 1.68. The fourth-order valence-electron chi connectivity index (χ4n) is 2.02. The van der Waals surface area contributed by atoms with Gasteiger partial charge in [-0.15, -0.1) is 0 Å². The lowest BCUT2D eigenvalue weighted by Crippen LogP contribution is -2.00. The van der Waals surface area contributed by atoms with E-state index in [-0.39, 0.29) is 11.5 Å². The van der Waals surface area contributed by atoms with Crippen LogP contribution < -0.4 is 0 Å². The number of hydrogen-bond acceptors (Lipinski definition) is 3. The molecule has 0 spiro atoms. The van der Waals surface area contributed by atoms with E-state index in [1.807, 2.05) is 17.7 Å². The fourth-order valence-corrected chi connectivity index (χ4v) is 2.81. The molecule has 1 N–H and O–H groups in total. The predicted molar refractivity (Wildman–Crippen MR) is 67.8 cm³/mol. The van der Waals surface area contributed by atoms with Crippen molar-refractivity contribution < 1.29 is 13.5 Å². The minimum atomic E-state index is -3.07. The van der Waals surface area contributed by atoms with Gasteiger partial charge in [0.1, 0.15) is 5.75 Å². The molecule has 0 unspecified atom stereocenters. The maximum atomic E-state index is 11.4. The van der Waals surface area contributed by atoms with Crippen LogP contribution in [0, 0.1) is 0 Å². The third kappa shape index (κ3) is 2.44. The summed E-state index contributed by atoms with van der Waals surface area (Å²) in [4.78, 5) is 0. The average Bonchev–Trinajstić information content (AvgIpc) is 2.54. The first-order valence-corrected chi connectivity index (χ1v) is 7.45. The summed E-state index contributed by atoms with van der Waals surface area (Å²) in [5.74, 6) is 0.154. The van der Waals surface area contributed by atoms with E-state index in [1.54, 1.807) is 18.2 Å². The summed E-state index contributed by atoms with van der Waals surface area (Å²) in [6.45, 7) is 2.77. The summed E-state index contributed by atoms with van der Waals surface area (Å²) < 4.78 is 24.7. The molecule has 0 fully saturated rings. The van der Waals surface area contributed by atoms with E-state index in [9.17, 15) is 13.5 Å². The third-order valence-corrected chi connectivity index (χ3v) is 3.54. The lowest BCUT2D eigenvalue weighted by Gasteiger charge is -1.99. The van der Waals surface area contributed by atoms with Crippen LogP contribution in [-0.2, 0) is 22.1 Å². The lowest BCUT2D eigenvalue weighted by molar-refractivity contribution is 0.476. The molecule has 0 saturated carbocycles. The summed E-state index contributed by atoms with van der Waals surface area (Å²) in [6, 6.07) is 5.03. The van der Waals surface area contributed by atoms with Gasteiger partial charge in [0.25, 0.3) is 0 Å². The quantitative estimate of drug-likeness (QED) is 0.909. The van der Waals surface area contributed by atoms with Crippen molar-refractivity contribution in [1.29, 1.82) is 0 Å². The predicted octanol–water partition coefficient (Wildman–Crippen LogP) is 1.91. The molecule has 4 nitrogen and oxygen atoms in total. The van der Waals surface area contributed by atoms with Crippen LogP contribution in [0.3, 0.4) is 0 Å². The van der Waals surface area contributed by atoms with Gasteiger partial charge in [0.15, 0.2) is 9.84 Å². The topological polar surface area (TPSA) is 59.3 Å². The first-order chi connectivity index (χ1) is 7.90. The Balaban J connectivity index is 2.66. The van der Waals surface area contributed by atoms with Crippen molar-refractivity contribution >= 4 is 20.7 Å². The Morgan fingerprint density at radius 1 is 1.35 bits per heavy atom. The zero-order chi connectivity index (χ0) is 12.6. The van der Waals surface area contributed by atoms with Crippen molar-refractivity contribution in [2.45, 2.75) is 19.2 Å². The maximum Gasteiger partial charge on any atom is 0.151 e. The van der Waals surface area contributed by atoms with Gasteiger partial charge in [-0.05, 0) is 30.7 Å². The van der Waals surface area contributed by atoms with Crippen molar-refractivity contribution in [3.63, 3.8) is 0 Å². The molecule has 0 aliphatic heterocycles. The summed E-state index contributed by atoms with van der Waals surface area (Å²) in [6.07, 6.45) is 3.05. The van der Waals surface area contributed by atoms with Gasteiger partial charge in [-0.25, -0.2) is 8.42 Å². The highest BCUT2D eigenvalue weighted by Gasteiger charge is 2.12. The third-order valence-electron chi connectivity index (χ3n) is 2.71. The SMILES string of the molecule is CCn1cc(CS(C)(=O)=O)c2cc(O)ccc21. The van der Waals surface area contributed by atoms with Crippen molar-refractivity contribution in [3.8, 4) is 5.75 Å². The molecule has 5 heteroatoms. The van der Waals surface area contributed by atoms with Crippen LogP contribution in [0.5, 0.6) is 5.75 Å². The molecule has 17 heavy (non-hydrogen) atoms. The second-order valence-corrected chi connectivity index (χ2v) is 6.35. The second kappa shape index (κ2) is 4.07. The number of nitrogens with zero attached hydrogens (tertiary/aromatic N) is 1. The molecular weight excluding hydrogens is 238 g/mol. The first kappa shape index (κ1) is 12.0. The van der Waals surface area contributed by atoms with E-state index in [0.717, 1.165) is 23.0 Å². The Labute approximate surface area is 100 Å². The highest BCUT2D eigenvalue weighted by molar-refractivity contribution is 7.89. The molecule has 0 amide bonds. The molecule has 0 aliphatic rings. The summed E-state index contributed by atoms with van der Waals surface area (Å²) in [7, 11) is -3.07. The van der Waals surface area contributed by atoms with Gasteiger partial charge in [0, 0.05) is 29.9 Å². The Kier molecular flexibility index (Phi) is 2.87. The maximum absolute atomic E-state index is 11.4. The smallest absolute Gasteiger partial charge is 0.151 e. The number of aryl methyl sites for hydroxylation is 1. The van der Waals surface area contributed by atoms with Crippen LogP contribution in [0.2, 0.25) is 0 Å². The average molecular weight is 253 g/mol. The van der Waals surface area contributed by atoms with Crippen LogP contribution in [-0.4, -0.2) is 24.3 Å². The van der Waals surface area contributed by atoms with Crippen LogP contribution in [0.15, 0.2) is 24.4 Å². The molecule has 1 aromatic carbocycles. The number of benzene rings is 1. The molecule has 0 saturated heterocycles. The van der Waals surface area contributed by atoms with Crippen LogP contribution in [0.1, 0.15) is 12.5 Å². The number of sulfone groups is 1. The van der Waals surface area contributed by atoms with Gasteiger partial charge in [-0.2, -0.15) is 0 Å². The Bertz CT molecular complexity index is 656. The van der Waals surface area contributed by atoms with E-state index in [2.05, 4.69) is 0 Å². The lowest BCUT2D eigenvalue weighted by atomic mass is 10.2.